The molecule has 0 spiro atoms. The molecule has 0 bridgehead atoms. The van der Waals surface area contributed by atoms with Crippen molar-refractivity contribution in [2.45, 2.75) is 18.9 Å². The smallest absolute Gasteiger partial charge is 0.258 e. The Morgan fingerprint density at radius 2 is 1.82 bits per heavy atom. The Kier molecular flexibility index (Phi) is 5.50. The van der Waals surface area contributed by atoms with Gasteiger partial charge in [-0.05, 0) is 25.0 Å². The highest BCUT2D eigenvalue weighted by atomic mass is 16.5. The van der Waals surface area contributed by atoms with Gasteiger partial charge < -0.3 is 20.7 Å². The van der Waals surface area contributed by atoms with Crippen LogP contribution in [0.3, 0.4) is 0 Å². The van der Waals surface area contributed by atoms with Crippen LogP contribution in [0.5, 0.6) is 5.88 Å². The molecule has 2 aromatic rings. The lowest BCUT2D eigenvalue weighted by Gasteiger charge is -2.41. The molecule has 4 rings (SSSR count). The van der Waals surface area contributed by atoms with Crippen LogP contribution in [-0.2, 0) is 0 Å². The van der Waals surface area contributed by atoms with E-state index in [-0.39, 0.29) is 5.88 Å². The van der Waals surface area contributed by atoms with Crippen LogP contribution >= 0.6 is 0 Å². The molecule has 2 saturated heterocycles. The summed E-state index contributed by atoms with van der Waals surface area (Å²) in [5.74, 6) is 0.489. The van der Waals surface area contributed by atoms with Crippen molar-refractivity contribution in [3.63, 3.8) is 0 Å². The molecule has 0 radical (unpaired) electrons. The van der Waals surface area contributed by atoms with Gasteiger partial charge in [0.25, 0.3) is 5.91 Å². The van der Waals surface area contributed by atoms with Crippen LogP contribution < -0.4 is 20.7 Å². The van der Waals surface area contributed by atoms with Gasteiger partial charge in [0, 0.05) is 45.3 Å². The third-order valence-electron chi connectivity index (χ3n) is 5.70. The number of aromatic nitrogens is 2. The Balaban J connectivity index is 1.63. The summed E-state index contributed by atoms with van der Waals surface area (Å²) >= 11 is 0. The first-order chi connectivity index (χ1) is 13.7. The second-order valence-corrected chi connectivity index (χ2v) is 7.32. The van der Waals surface area contributed by atoms with E-state index in [9.17, 15) is 4.79 Å². The van der Waals surface area contributed by atoms with Gasteiger partial charge in [-0.2, -0.15) is 0 Å². The van der Waals surface area contributed by atoms with Gasteiger partial charge in [-0.15, -0.1) is 5.10 Å². The lowest BCUT2D eigenvalue weighted by atomic mass is 10.0. The number of benzene rings is 1. The van der Waals surface area contributed by atoms with Crippen LogP contribution in [-0.4, -0.2) is 73.0 Å². The van der Waals surface area contributed by atoms with Crippen molar-refractivity contribution in [1.29, 1.82) is 0 Å². The summed E-state index contributed by atoms with van der Waals surface area (Å²) in [6, 6.07) is 10.4. The molecule has 2 aliphatic heterocycles. The number of rotatable bonds is 5. The van der Waals surface area contributed by atoms with E-state index in [0.29, 0.717) is 11.6 Å². The highest BCUT2D eigenvalue weighted by Gasteiger charge is 2.32. The monoisotopic (exact) mass is 384 g/mol. The molecule has 0 aliphatic carbocycles. The molecule has 3 N–H and O–H groups in total. The normalized spacial score (nSPS) is 19.0. The van der Waals surface area contributed by atoms with E-state index in [2.05, 4.69) is 20.2 Å². The van der Waals surface area contributed by atoms with Crippen LogP contribution in [0.25, 0.3) is 5.69 Å². The number of nitrogens with one attached hydrogen (secondary N) is 1. The molecule has 1 aromatic carbocycles. The first kappa shape index (κ1) is 18.8. The van der Waals surface area contributed by atoms with Gasteiger partial charge in [0.15, 0.2) is 0 Å². The number of piperazine rings is 1. The fourth-order valence-electron chi connectivity index (χ4n) is 4.28. The Bertz CT molecular complexity index is 808. The second kappa shape index (κ2) is 8.20. The molecule has 0 saturated carbocycles. The van der Waals surface area contributed by atoms with E-state index in [1.54, 1.807) is 4.68 Å². The number of carbonyl (C=O) groups excluding carboxylic acids is 1. The van der Waals surface area contributed by atoms with E-state index in [1.807, 2.05) is 30.3 Å². The molecule has 150 valence electrons. The molecule has 3 heterocycles. The van der Waals surface area contributed by atoms with E-state index >= 15 is 0 Å². The van der Waals surface area contributed by atoms with Crippen molar-refractivity contribution in [1.82, 2.24) is 20.0 Å². The molecule has 8 heteroatoms. The van der Waals surface area contributed by atoms with Gasteiger partial charge >= 0.3 is 0 Å². The fourth-order valence-corrected chi connectivity index (χ4v) is 4.28. The molecule has 2 fully saturated rings. The number of amides is 1. The topological polar surface area (TPSA) is 88.7 Å². The number of piperidine rings is 1. The zero-order chi connectivity index (χ0) is 19.5. The minimum absolute atomic E-state index is 0.274. The van der Waals surface area contributed by atoms with Crippen molar-refractivity contribution >= 4 is 11.7 Å². The van der Waals surface area contributed by atoms with Gasteiger partial charge in [0.2, 0.25) is 5.88 Å². The van der Waals surface area contributed by atoms with Crippen LogP contribution in [0.2, 0.25) is 0 Å². The zero-order valence-electron chi connectivity index (χ0n) is 16.3. The summed E-state index contributed by atoms with van der Waals surface area (Å²) in [7, 11) is 1.52. The zero-order valence-corrected chi connectivity index (χ0v) is 16.3. The van der Waals surface area contributed by atoms with Crippen molar-refractivity contribution in [2.24, 2.45) is 5.73 Å². The van der Waals surface area contributed by atoms with Crippen LogP contribution in [0.4, 0.5) is 5.82 Å². The number of carbonyl (C=O) groups is 1. The summed E-state index contributed by atoms with van der Waals surface area (Å²) in [6.45, 7) is 6.04. The minimum Gasteiger partial charge on any atom is -0.479 e. The quantitative estimate of drug-likeness (QED) is 0.795. The van der Waals surface area contributed by atoms with Crippen molar-refractivity contribution in [3.8, 4) is 11.6 Å². The van der Waals surface area contributed by atoms with Crippen LogP contribution in [0, 0.1) is 0 Å². The Labute approximate surface area is 165 Å². The number of ether oxygens (including phenoxy) is 1. The average molecular weight is 384 g/mol. The number of hydrogen-bond acceptors (Lipinski definition) is 6. The minimum atomic E-state index is -0.516. The van der Waals surface area contributed by atoms with Crippen LogP contribution in [0.1, 0.15) is 23.2 Å². The number of nitrogens with zero attached hydrogens (tertiary/aromatic N) is 4. The number of nitrogens with two attached hydrogens (primary N) is 1. The number of anilines is 1. The van der Waals surface area contributed by atoms with Gasteiger partial charge in [-0.25, -0.2) is 4.68 Å². The van der Waals surface area contributed by atoms with E-state index < -0.39 is 5.91 Å². The third-order valence-corrected chi connectivity index (χ3v) is 5.70. The summed E-state index contributed by atoms with van der Waals surface area (Å²) in [6.07, 6.45) is 2.11. The van der Waals surface area contributed by atoms with Crippen molar-refractivity contribution < 1.29 is 9.53 Å². The van der Waals surface area contributed by atoms with E-state index in [0.717, 1.165) is 63.6 Å². The van der Waals surface area contributed by atoms with Crippen molar-refractivity contribution in [2.75, 3.05) is 51.3 Å². The molecule has 28 heavy (non-hydrogen) atoms. The molecule has 1 aromatic heterocycles. The predicted octanol–water partition coefficient (Wildman–Crippen LogP) is 0.854. The largest absolute Gasteiger partial charge is 0.479 e. The Morgan fingerprint density at radius 3 is 2.43 bits per heavy atom. The second-order valence-electron chi connectivity index (χ2n) is 7.32. The van der Waals surface area contributed by atoms with Gasteiger partial charge in [0.1, 0.15) is 11.4 Å². The van der Waals surface area contributed by atoms with E-state index in [4.69, 9.17) is 10.5 Å². The molecule has 2 aliphatic rings. The van der Waals surface area contributed by atoms with Gasteiger partial charge in [-0.3, -0.25) is 9.69 Å². The van der Waals surface area contributed by atoms with Crippen molar-refractivity contribution in [3.05, 3.63) is 35.9 Å². The summed E-state index contributed by atoms with van der Waals surface area (Å²) in [5.41, 5.74) is 6.95. The molecule has 1 amide bonds. The highest BCUT2D eigenvalue weighted by Crippen LogP contribution is 2.33. The van der Waals surface area contributed by atoms with Crippen LogP contribution in [0.15, 0.2) is 30.3 Å². The standard InChI is InChI=1S/C20H28N6O2/c1-28-19-17(18(21)27)20(26(23-19)16-5-3-2-4-6-16)25-11-7-15(8-12-25)24-13-9-22-10-14-24/h2-6,15,22H,7-14H2,1H3,(H2,21,27). The number of para-hydroxylation sites is 1. The summed E-state index contributed by atoms with van der Waals surface area (Å²) in [4.78, 5) is 17.1. The summed E-state index contributed by atoms with van der Waals surface area (Å²) < 4.78 is 7.16. The maximum atomic E-state index is 12.2. The number of methoxy groups -OCH3 is 1. The predicted molar refractivity (Wildman–Crippen MR) is 108 cm³/mol. The fraction of sp³-hybridized carbons (Fsp3) is 0.500. The Hall–Kier alpha value is -2.58. The first-order valence-electron chi connectivity index (χ1n) is 9.91. The molecule has 8 nitrogen and oxygen atoms in total. The van der Waals surface area contributed by atoms with Gasteiger partial charge in [-0.1, -0.05) is 18.2 Å². The number of primary amides is 1. The maximum Gasteiger partial charge on any atom is 0.258 e. The maximum absolute atomic E-state index is 12.2. The molecular weight excluding hydrogens is 356 g/mol. The molecule has 0 unspecified atom stereocenters. The highest BCUT2D eigenvalue weighted by molar-refractivity contribution is 6.00. The lowest BCUT2D eigenvalue weighted by molar-refractivity contribution is 0.0997. The third kappa shape index (κ3) is 3.57. The SMILES string of the molecule is COc1nn(-c2ccccc2)c(N2CCC(N3CCNCC3)CC2)c1C(N)=O. The first-order valence-corrected chi connectivity index (χ1v) is 9.91. The van der Waals surface area contributed by atoms with E-state index in [1.165, 1.54) is 7.11 Å². The Morgan fingerprint density at radius 1 is 1.14 bits per heavy atom. The summed E-state index contributed by atoms with van der Waals surface area (Å²) in [5, 5.41) is 7.95. The lowest BCUT2D eigenvalue weighted by Crippen LogP contribution is -2.52. The molecular formula is C20H28N6O2. The average Bonchev–Trinajstić information content (AvgIpc) is 3.15. The van der Waals surface area contributed by atoms with Gasteiger partial charge in [0.05, 0.1) is 12.8 Å². The molecule has 0 atom stereocenters. The number of hydrogen-bond donors (Lipinski definition) is 2.